The highest BCUT2D eigenvalue weighted by Crippen LogP contribution is 2.32. The number of aromatic nitrogens is 2. The van der Waals surface area contributed by atoms with E-state index < -0.39 is 0 Å². The molecule has 0 aliphatic carbocycles. The topological polar surface area (TPSA) is 67.8 Å². The number of amides is 1. The number of hydrogen-bond acceptors (Lipinski definition) is 6. The Balaban J connectivity index is 1.71. The van der Waals surface area contributed by atoms with Crippen LogP contribution in [0.5, 0.6) is 5.75 Å². The third-order valence-electron chi connectivity index (χ3n) is 6.00. The molecule has 0 saturated carbocycles. The Labute approximate surface area is 195 Å². The maximum absolute atomic E-state index is 12.1. The third-order valence-corrected chi connectivity index (χ3v) is 6.00. The van der Waals surface area contributed by atoms with Gasteiger partial charge in [0.2, 0.25) is 0 Å². The van der Waals surface area contributed by atoms with Gasteiger partial charge in [0, 0.05) is 37.1 Å². The van der Waals surface area contributed by atoms with Gasteiger partial charge in [-0.15, -0.1) is 0 Å². The van der Waals surface area contributed by atoms with E-state index in [0.717, 1.165) is 28.0 Å². The second-order valence-electron chi connectivity index (χ2n) is 9.25. The van der Waals surface area contributed by atoms with Crippen LogP contribution in [0.2, 0.25) is 0 Å². The third kappa shape index (κ3) is 4.87. The van der Waals surface area contributed by atoms with Crippen molar-refractivity contribution < 1.29 is 14.3 Å². The van der Waals surface area contributed by atoms with E-state index in [0.29, 0.717) is 38.6 Å². The van der Waals surface area contributed by atoms with Gasteiger partial charge in [0.1, 0.15) is 11.6 Å². The molecule has 0 spiro atoms. The average molecular weight is 449 g/mol. The fourth-order valence-electron chi connectivity index (χ4n) is 4.02. The summed E-state index contributed by atoms with van der Waals surface area (Å²) in [5, 5.41) is 0.939. The fourth-order valence-corrected chi connectivity index (χ4v) is 4.02. The average Bonchev–Trinajstić information content (AvgIpc) is 2.83. The first-order chi connectivity index (χ1) is 15.8. The first-order valence-corrected chi connectivity index (χ1v) is 11.4. The molecule has 3 aromatic rings. The Morgan fingerprint density at radius 2 is 1.70 bits per heavy atom. The molecule has 0 bridgehead atoms. The zero-order chi connectivity index (χ0) is 23.6. The molecule has 33 heavy (non-hydrogen) atoms. The standard InChI is InChI=1S/C26H32N4O3/c1-6-33-25(31)30-15-13-29(14-16-30)24-21-17-20(32-5)11-12-22(21)27-23(28-24)18-7-9-19(10-8-18)26(2,3)4/h7-12,17H,6,13-16H2,1-5H3. The Morgan fingerprint density at radius 3 is 2.30 bits per heavy atom. The Morgan fingerprint density at radius 1 is 1.00 bits per heavy atom. The zero-order valence-corrected chi connectivity index (χ0v) is 20.1. The minimum Gasteiger partial charge on any atom is -0.497 e. The molecule has 174 valence electrons. The summed E-state index contributed by atoms with van der Waals surface area (Å²) in [6, 6.07) is 14.4. The van der Waals surface area contributed by atoms with E-state index in [1.54, 1.807) is 12.0 Å². The second kappa shape index (κ2) is 9.25. The highest BCUT2D eigenvalue weighted by Gasteiger charge is 2.25. The van der Waals surface area contributed by atoms with Gasteiger partial charge >= 0.3 is 6.09 Å². The Hall–Kier alpha value is -3.35. The lowest BCUT2D eigenvalue weighted by Gasteiger charge is -2.35. The van der Waals surface area contributed by atoms with E-state index in [1.165, 1.54) is 5.56 Å². The number of anilines is 1. The Bertz CT molecular complexity index is 1130. The second-order valence-corrected chi connectivity index (χ2v) is 9.25. The maximum atomic E-state index is 12.1. The number of hydrogen-bond donors (Lipinski definition) is 0. The van der Waals surface area contributed by atoms with Crippen LogP contribution in [0.15, 0.2) is 42.5 Å². The van der Waals surface area contributed by atoms with Crippen molar-refractivity contribution in [1.29, 1.82) is 0 Å². The maximum Gasteiger partial charge on any atom is 0.409 e. The first kappa shape index (κ1) is 22.8. The van der Waals surface area contributed by atoms with E-state index in [4.69, 9.17) is 19.4 Å². The molecular weight excluding hydrogens is 416 g/mol. The lowest BCUT2D eigenvalue weighted by molar-refractivity contribution is 0.105. The highest BCUT2D eigenvalue weighted by atomic mass is 16.6. The summed E-state index contributed by atoms with van der Waals surface area (Å²) < 4.78 is 10.6. The number of benzene rings is 2. The van der Waals surface area contributed by atoms with Gasteiger partial charge in [0.25, 0.3) is 0 Å². The molecule has 1 amide bonds. The van der Waals surface area contributed by atoms with E-state index >= 15 is 0 Å². The molecule has 2 heterocycles. The molecular formula is C26H32N4O3. The molecule has 1 aliphatic rings. The molecule has 4 rings (SSSR count). The number of nitrogens with zero attached hydrogens (tertiary/aromatic N) is 4. The SMILES string of the molecule is CCOC(=O)N1CCN(c2nc(-c3ccc(C(C)(C)C)cc3)nc3ccc(OC)cc23)CC1. The smallest absolute Gasteiger partial charge is 0.409 e. The lowest BCUT2D eigenvalue weighted by Crippen LogP contribution is -2.49. The zero-order valence-electron chi connectivity index (χ0n) is 20.1. The van der Waals surface area contributed by atoms with Gasteiger partial charge in [-0.3, -0.25) is 0 Å². The normalized spacial score (nSPS) is 14.5. The van der Waals surface area contributed by atoms with Crippen LogP contribution in [0.4, 0.5) is 10.6 Å². The molecule has 0 radical (unpaired) electrons. The number of piperazine rings is 1. The predicted molar refractivity (Wildman–Crippen MR) is 131 cm³/mol. The van der Waals surface area contributed by atoms with Crippen molar-refractivity contribution in [2.75, 3.05) is 44.8 Å². The van der Waals surface area contributed by atoms with Crippen LogP contribution in [0.3, 0.4) is 0 Å². The van der Waals surface area contributed by atoms with E-state index in [-0.39, 0.29) is 11.5 Å². The van der Waals surface area contributed by atoms with Crippen LogP contribution in [-0.2, 0) is 10.2 Å². The molecule has 7 nitrogen and oxygen atoms in total. The number of carbonyl (C=O) groups is 1. The largest absolute Gasteiger partial charge is 0.497 e. The van der Waals surface area contributed by atoms with Crippen molar-refractivity contribution in [1.82, 2.24) is 14.9 Å². The summed E-state index contributed by atoms with van der Waals surface area (Å²) in [5.74, 6) is 2.31. The molecule has 0 atom stereocenters. The monoisotopic (exact) mass is 448 g/mol. The summed E-state index contributed by atoms with van der Waals surface area (Å²) in [6.07, 6.45) is -0.258. The van der Waals surface area contributed by atoms with E-state index in [1.807, 2.05) is 25.1 Å². The van der Waals surface area contributed by atoms with Crippen molar-refractivity contribution in [2.24, 2.45) is 0 Å². The number of carbonyl (C=O) groups excluding carboxylic acids is 1. The summed E-state index contributed by atoms with van der Waals surface area (Å²) in [4.78, 5) is 25.9. The highest BCUT2D eigenvalue weighted by molar-refractivity contribution is 5.92. The van der Waals surface area contributed by atoms with Crippen LogP contribution in [0, 0.1) is 0 Å². The van der Waals surface area contributed by atoms with Crippen molar-refractivity contribution in [3.63, 3.8) is 0 Å². The van der Waals surface area contributed by atoms with Crippen LogP contribution in [0.1, 0.15) is 33.3 Å². The summed E-state index contributed by atoms with van der Waals surface area (Å²) >= 11 is 0. The van der Waals surface area contributed by atoms with Crippen molar-refractivity contribution in [3.8, 4) is 17.1 Å². The quantitative estimate of drug-likeness (QED) is 0.567. The van der Waals surface area contributed by atoms with Gasteiger partial charge in [-0.25, -0.2) is 14.8 Å². The van der Waals surface area contributed by atoms with Crippen LogP contribution in [-0.4, -0.2) is 60.9 Å². The van der Waals surface area contributed by atoms with E-state index in [2.05, 4.69) is 49.9 Å². The summed E-state index contributed by atoms with van der Waals surface area (Å²) in [6.45, 7) is 11.3. The van der Waals surface area contributed by atoms with Crippen molar-refractivity contribution in [3.05, 3.63) is 48.0 Å². The minimum absolute atomic E-state index is 0.0864. The van der Waals surface area contributed by atoms with Crippen LogP contribution in [0.25, 0.3) is 22.3 Å². The van der Waals surface area contributed by atoms with Gasteiger partial charge < -0.3 is 19.3 Å². The van der Waals surface area contributed by atoms with Crippen LogP contribution < -0.4 is 9.64 Å². The number of methoxy groups -OCH3 is 1. The number of ether oxygens (including phenoxy) is 2. The molecule has 1 aromatic heterocycles. The molecule has 1 fully saturated rings. The van der Waals surface area contributed by atoms with E-state index in [9.17, 15) is 4.79 Å². The van der Waals surface area contributed by atoms with Gasteiger partial charge in [-0.05, 0) is 36.1 Å². The Kier molecular flexibility index (Phi) is 6.40. The van der Waals surface area contributed by atoms with Crippen molar-refractivity contribution in [2.45, 2.75) is 33.1 Å². The molecule has 2 aromatic carbocycles. The van der Waals surface area contributed by atoms with Gasteiger partial charge in [-0.2, -0.15) is 0 Å². The first-order valence-electron chi connectivity index (χ1n) is 11.4. The molecule has 1 saturated heterocycles. The predicted octanol–water partition coefficient (Wildman–Crippen LogP) is 4.88. The van der Waals surface area contributed by atoms with Crippen molar-refractivity contribution >= 4 is 22.8 Å². The van der Waals surface area contributed by atoms with Crippen LogP contribution >= 0.6 is 0 Å². The van der Waals surface area contributed by atoms with Gasteiger partial charge in [0.15, 0.2) is 5.82 Å². The molecule has 7 heteroatoms. The summed E-state index contributed by atoms with van der Waals surface area (Å²) in [5.41, 5.74) is 3.20. The summed E-state index contributed by atoms with van der Waals surface area (Å²) in [7, 11) is 1.66. The molecule has 1 aliphatic heterocycles. The lowest BCUT2D eigenvalue weighted by atomic mass is 9.87. The fraction of sp³-hybridized carbons (Fsp3) is 0.423. The van der Waals surface area contributed by atoms with Gasteiger partial charge in [-0.1, -0.05) is 45.0 Å². The number of fused-ring (bicyclic) bond motifs is 1. The molecule has 0 N–H and O–H groups in total. The number of rotatable bonds is 4. The van der Waals surface area contributed by atoms with Gasteiger partial charge in [0.05, 0.1) is 19.2 Å². The molecule has 0 unspecified atom stereocenters. The minimum atomic E-state index is -0.258.